The van der Waals surface area contributed by atoms with Crippen molar-refractivity contribution in [2.24, 2.45) is 5.41 Å². The lowest BCUT2D eigenvalue weighted by Gasteiger charge is -2.49. The molecule has 4 aliphatic rings. The van der Waals surface area contributed by atoms with Crippen LogP contribution in [0, 0.1) is 5.41 Å². The predicted octanol–water partition coefficient (Wildman–Crippen LogP) is 2.20. The highest BCUT2D eigenvalue weighted by Crippen LogP contribution is 2.58. The molecule has 14 nitrogen and oxygen atoms in total. The van der Waals surface area contributed by atoms with Crippen molar-refractivity contribution in [3.63, 3.8) is 0 Å². The molecule has 0 radical (unpaired) electrons. The number of esters is 1. The predicted molar refractivity (Wildman–Crippen MR) is 190 cm³/mol. The maximum atomic E-state index is 14.8. The number of hydrogen-bond donors (Lipinski definition) is 4. The lowest BCUT2D eigenvalue weighted by molar-refractivity contribution is -0.224. The van der Waals surface area contributed by atoms with Gasteiger partial charge in [0, 0.05) is 46.0 Å². The first-order valence-corrected chi connectivity index (χ1v) is 18.8. The van der Waals surface area contributed by atoms with E-state index in [1.165, 1.54) is 23.0 Å². The number of fused-ring (bicyclic) bond motifs is 4. The second-order valence-electron chi connectivity index (χ2n) is 14.7. The number of rotatable bonds is 18. The third kappa shape index (κ3) is 8.07. The van der Waals surface area contributed by atoms with Crippen LogP contribution in [0.15, 0.2) is 30.3 Å². The fraction of sp³-hybridized carbons (Fsp3) is 0.684. The maximum absolute atomic E-state index is 14.8. The smallest absolute Gasteiger partial charge is 0.327 e. The molecule has 1 saturated carbocycles. The third-order valence-electron chi connectivity index (χ3n) is 10.7. The molecule has 1 aliphatic carbocycles. The zero-order valence-corrected chi connectivity index (χ0v) is 31.0. The normalized spacial score (nSPS) is 28.6. The Morgan fingerprint density at radius 2 is 1.73 bits per heavy atom. The number of ether oxygens (including phenoxy) is 3. The maximum Gasteiger partial charge on any atom is 0.327 e. The van der Waals surface area contributed by atoms with E-state index in [1.807, 2.05) is 24.3 Å². The summed E-state index contributed by atoms with van der Waals surface area (Å²) in [5, 5.41) is 26.6. The minimum Gasteiger partial charge on any atom is -0.458 e. The summed E-state index contributed by atoms with van der Waals surface area (Å²) in [5.74, 6) is -3.15. The molecule has 288 valence electrons. The quantitative estimate of drug-likeness (QED) is 0.0991. The molecule has 3 aliphatic heterocycles. The molecule has 14 heteroatoms. The van der Waals surface area contributed by atoms with Crippen molar-refractivity contribution < 1.29 is 48.4 Å². The SMILES string of the molecule is CCCCCC1(CCCCC)O[C@@H]2[C@H](O1)[C@H]1ON(Cc3ccccc3C=CC(=O)N(C)C)[C@H]3C(=O)O[C@@H]2C[C@@]13C(=O)N[C@@H](C(=O)NCCO)[C@H](C)O. The molecule has 1 aromatic carbocycles. The summed E-state index contributed by atoms with van der Waals surface area (Å²) in [4.78, 5) is 62.6. The first-order valence-electron chi connectivity index (χ1n) is 18.8. The van der Waals surface area contributed by atoms with Crippen LogP contribution >= 0.6 is 0 Å². The van der Waals surface area contributed by atoms with E-state index in [0.717, 1.165) is 49.7 Å². The zero-order valence-electron chi connectivity index (χ0n) is 31.0. The van der Waals surface area contributed by atoms with Gasteiger partial charge in [-0.1, -0.05) is 63.8 Å². The second kappa shape index (κ2) is 17.2. The van der Waals surface area contributed by atoms with Crippen LogP contribution in [0.1, 0.15) is 89.7 Å². The van der Waals surface area contributed by atoms with E-state index in [1.54, 1.807) is 20.2 Å². The largest absolute Gasteiger partial charge is 0.458 e. The molecule has 0 aromatic heterocycles. The number of nitrogens with one attached hydrogen (secondary N) is 2. The molecule has 8 atom stereocenters. The van der Waals surface area contributed by atoms with Gasteiger partial charge in [0.05, 0.1) is 19.3 Å². The lowest BCUT2D eigenvalue weighted by atomic mass is 9.62. The molecular weight excluding hydrogens is 672 g/mol. The Morgan fingerprint density at radius 3 is 2.37 bits per heavy atom. The average molecular weight is 729 g/mol. The van der Waals surface area contributed by atoms with Gasteiger partial charge in [-0.2, -0.15) is 5.06 Å². The molecule has 3 heterocycles. The monoisotopic (exact) mass is 728 g/mol. The van der Waals surface area contributed by atoms with Gasteiger partial charge in [0.1, 0.15) is 35.9 Å². The van der Waals surface area contributed by atoms with Crippen LogP contribution in [0.3, 0.4) is 0 Å². The van der Waals surface area contributed by atoms with Crippen molar-refractivity contribution in [1.29, 1.82) is 0 Å². The number of hydroxylamine groups is 2. The molecule has 0 spiro atoms. The van der Waals surface area contributed by atoms with E-state index in [0.29, 0.717) is 12.8 Å². The van der Waals surface area contributed by atoms with E-state index in [4.69, 9.17) is 19.0 Å². The van der Waals surface area contributed by atoms with Crippen molar-refractivity contribution in [2.45, 2.75) is 133 Å². The van der Waals surface area contributed by atoms with Gasteiger partial charge in [0.15, 0.2) is 11.8 Å². The van der Waals surface area contributed by atoms with Gasteiger partial charge in [-0.05, 0) is 37.0 Å². The van der Waals surface area contributed by atoms with E-state index in [-0.39, 0.29) is 32.0 Å². The summed E-state index contributed by atoms with van der Waals surface area (Å²) in [6, 6.07) is 4.77. The van der Waals surface area contributed by atoms with Crippen molar-refractivity contribution in [3.05, 3.63) is 41.5 Å². The van der Waals surface area contributed by atoms with Gasteiger partial charge >= 0.3 is 5.97 Å². The Kier molecular flexibility index (Phi) is 13.1. The lowest BCUT2D eigenvalue weighted by Crippen LogP contribution is -2.71. The Morgan fingerprint density at radius 1 is 1.06 bits per heavy atom. The Balaban J connectivity index is 1.55. The number of carbonyl (C=O) groups excluding carboxylic acids is 4. The summed E-state index contributed by atoms with van der Waals surface area (Å²) in [7, 11) is 3.32. The topological polar surface area (TPSA) is 176 Å². The van der Waals surface area contributed by atoms with E-state index in [2.05, 4.69) is 24.5 Å². The number of aliphatic hydroxyl groups excluding tert-OH is 2. The molecule has 5 rings (SSSR count). The fourth-order valence-electron chi connectivity index (χ4n) is 7.99. The van der Waals surface area contributed by atoms with Crippen molar-refractivity contribution in [1.82, 2.24) is 20.6 Å². The van der Waals surface area contributed by atoms with Crippen LogP contribution in [0.25, 0.3) is 6.08 Å². The molecule has 52 heavy (non-hydrogen) atoms. The fourth-order valence-corrected chi connectivity index (χ4v) is 7.99. The first-order chi connectivity index (χ1) is 24.9. The van der Waals surface area contributed by atoms with Gasteiger partial charge in [-0.15, -0.1) is 0 Å². The standard InChI is InChI=1S/C38H56N4O10/c1-6-8-12-18-37(19-13-9-7-2)50-30-27-22-38(36(48)40-29(24(3)44)34(46)39-20-21-43)32(35(47)49-27)42(52-33(38)31(30)51-37)23-26-15-11-10-14-25(26)16-17-28(45)41(4)5/h10-11,14-17,24,27,29-33,43-44H,6-9,12-13,18-23H2,1-5H3,(H,39,46)(H,40,48)/t24-,27+,29+,30-,31-,32-,33+,38-/m0/s1. The Hall–Kier alpha value is -3.40. The summed E-state index contributed by atoms with van der Waals surface area (Å²) < 4.78 is 19.8. The third-order valence-corrected chi connectivity index (χ3v) is 10.7. The number of hydrogen-bond acceptors (Lipinski definition) is 11. The van der Waals surface area contributed by atoms with Gasteiger partial charge in [-0.25, -0.2) is 0 Å². The van der Waals surface area contributed by atoms with Crippen LogP contribution in [-0.2, 0) is 44.8 Å². The summed E-state index contributed by atoms with van der Waals surface area (Å²) in [5.41, 5.74) is -0.132. The van der Waals surface area contributed by atoms with Crippen LogP contribution in [0.5, 0.6) is 0 Å². The molecule has 4 N–H and O–H groups in total. The molecule has 0 unspecified atom stereocenters. The van der Waals surface area contributed by atoms with Crippen molar-refractivity contribution >= 4 is 29.8 Å². The summed E-state index contributed by atoms with van der Waals surface area (Å²) in [6.45, 7) is 5.30. The van der Waals surface area contributed by atoms with Gasteiger partial charge in [-0.3, -0.25) is 24.0 Å². The molecule has 3 amide bonds. The zero-order chi connectivity index (χ0) is 37.6. The summed E-state index contributed by atoms with van der Waals surface area (Å²) in [6.07, 6.45) is 5.64. The Labute approximate surface area is 306 Å². The molecule has 2 bridgehead atoms. The van der Waals surface area contributed by atoms with Crippen molar-refractivity contribution in [3.8, 4) is 0 Å². The van der Waals surface area contributed by atoms with E-state index >= 15 is 0 Å². The number of unbranched alkanes of at least 4 members (excludes halogenated alkanes) is 4. The van der Waals surface area contributed by atoms with E-state index in [9.17, 15) is 29.4 Å². The van der Waals surface area contributed by atoms with Gasteiger partial charge in [0.25, 0.3) is 0 Å². The van der Waals surface area contributed by atoms with E-state index < -0.39 is 71.6 Å². The minimum atomic E-state index is -1.58. The molecule has 1 aromatic rings. The average Bonchev–Trinajstić information content (AvgIpc) is 3.67. The highest BCUT2D eigenvalue weighted by atomic mass is 16.8. The molecular formula is C38H56N4O10. The van der Waals surface area contributed by atoms with Crippen LogP contribution in [0.4, 0.5) is 0 Å². The second-order valence-corrected chi connectivity index (χ2v) is 14.7. The van der Waals surface area contributed by atoms with Crippen LogP contribution < -0.4 is 10.6 Å². The number of amides is 3. The van der Waals surface area contributed by atoms with Crippen LogP contribution in [0.2, 0.25) is 0 Å². The summed E-state index contributed by atoms with van der Waals surface area (Å²) >= 11 is 0. The highest BCUT2D eigenvalue weighted by molar-refractivity contribution is 5.96. The number of carbonyl (C=O) groups is 4. The Bertz CT molecular complexity index is 1460. The minimum absolute atomic E-state index is 0.0462. The highest BCUT2D eigenvalue weighted by Gasteiger charge is 2.76. The molecule has 4 fully saturated rings. The van der Waals surface area contributed by atoms with Gasteiger partial charge < -0.3 is 40.0 Å². The van der Waals surface area contributed by atoms with Crippen molar-refractivity contribution in [2.75, 3.05) is 27.2 Å². The molecule has 3 saturated heterocycles. The first kappa shape index (κ1) is 39.8. The number of likely N-dealkylation sites (N-methyl/N-ethyl adjacent to an activating group) is 1. The van der Waals surface area contributed by atoms with Crippen LogP contribution in [-0.4, -0.2) is 120 Å². The number of nitrogens with zero attached hydrogens (tertiary/aromatic N) is 2. The van der Waals surface area contributed by atoms with Gasteiger partial charge in [0.2, 0.25) is 17.7 Å². The number of benzene rings is 1. The number of aliphatic hydroxyl groups is 2.